The minimum Gasteiger partial charge on any atom is -0.503 e. The van der Waals surface area contributed by atoms with E-state index in [9.17, 15) is 19.1 Å². The fourth-order valence-electron chi connectivity index (χ4n) is 3.24. The van der Waals surface area contributed by atoms with Gasteiger partial charge in [0.15, 0.2) is 11.5 Å². The molecule has 0 saturated carbocycles. The molecule has 0 spiro atoms. The normalized spacial score (nSPS) is 17.2. The van der Waals surface area contributed by atoms with E-state index in [1.807, 2.05) is 0 Å². The number of anilines is 1. The van der Waals surface area contributed by atoms with Gasteiger partial charge in [-0.15, -0.1) is 0 Å². The number of hydrogen-bond acceptors (Lipinski definition) is 4. The van der Waals surface area contributed by atoms with Gasteiger partial charge in [0.05, 0.1) is 18.7 Å². The van der Waals surface area contributed by atoms with Gasteiger partial charge in [0.1, 0.15) is 11.6 Å². The van der Waals surface area contributed by atoms with Crippen LogP contribution < -0.4 is 9.64 Å². The van der Waals surface area contributed by atoms with Gasteiger partial charge in [-0.25, -0.2) is 4.39 Å². The molecule has 2 aromatic rings. The molecule has 1 heterocycles. The molecule has 28 heavy (non-hydrogen) atoms. The summed E-state index contributed by atoms with van der Waals surface area (Å²) < 4.78 is 18.7. The summed E-state index contributed by atoms with van der Waals surface area (Å²) in [5.74, 6) is -1.52. The molecule has 0 fully saturated rings. The van der Waals surface area contributed by atoms with Crippen LogP contribution in [0.3, 0.4) is 0 Å². The Balaban J connectivity index is 2.21. The van der Waals surface area contributed by atoms with Crippen molar-refractivity contribution >= 4 is 17.4 Å². The van der Waals surface area contributed by atoms with Crippen molar-refractivity contribution in [2.75, 3.05) is 12.0 Å². The van der Waals surface area contributed by atoms with Crippen molar-refractivity contribution in [1.82, 2.24) is 0 Å². The van der Waals surface area contributed by atoms with Crippen LogP contribution in [0.1, 0.15) is 32.4 Å². The number of ether oxygens (including phenoxy) is 1. The lowest BCUT2D eigenvalue weighted by Gasteiger charge is -2.29. The van der Waals surface area contributed by atoms with Crippen LogP contribution in [-0.4, -0.2) is 23.9 Å². The molecule has 0 aromatic heterocycles. The molecule has 0 radical (unpaired) electrons. The van der Waals surface area contributed by atoms with E-state index in [0.717, 1.165) is 0 Å². The molecule has 1 unspecified atom stereocenters. The van der Waals surface area contributed by atoms with Crippen molar-refractivity contribution in [3.63, 3.8) is 0 Å². The molecular weight excluding hydrogens is 361 g/mol. The Labute approximate surface area is 163 Å². The quantitative estimate of drug-likeness (QED) is 0.852. The average Bonchev–Trinajstić information content (AvgIpc) is 2.92. The summed E-state index contributed by atoms with van der Waals surface area (Å²) in [6.45, 7) is 5.18. The highest BCUT2D eigenvalue weighted by Gasteiger charge is 2.46. The lowest BCUT2D eigenvalue weighted by atomic mass is 9.82. The smallest absolute Gasteiger partial charge is 0.294 e. The van der Waals surface area contributed by atoms with Crippen molar-refractivity contribution in [1.29, 1.82) is 0 Å². The zero-order chi connectivity index (χ0) is 20.6. The minimum atomic E-state index is -0.847. The third kappa shape index (κ3) is 3.38. The van der Waals surface area contributed by atoms with Crippen LogP contribution in [0.2, 0.25) is 0 Å². The Kier molecular flexibility index (Phi) is 4.98. The molecule has 1 atom stereocenters. The molecule has 2 aromatic carbocycles. The van der Waals surface area contributed by atoms with Gasteiger partial charge in [-0.2, -0.15) is 0 Å². The number of Topliss-reactive ketones (excluding diaryl/α,β-unsaturated/α-hetero) is 1. The SMILES string of the molecule is COc1cccc(C2C(C(=O)C(C)(C)C)=C(O)C(=O)N2c2ccc(F)cc2)c1. The predicted molar refractivity (Wildman–Crippen MR) is 104 cm³/mol. The third-order valence-corrected chi connectivity index (χ3v) is 4.65. The average molecular weight is 383 g/mol. The summed E-state index contributed by atoms with van der Waals surface area (Å²) in [6.07, 6.45) is 0. The molecule has 3 rings (SSSR count). The summed E-state index contributed by atoms with van der Waals surface area (Å²) in [7, 11) is 1.52. The van der Waals surface area contributed by atoms with E-state index in [-0.39, 0.29) is 11.4 Å². The van der Waals surface area contributed by atoms with Crippen molar-refractivity contribution in [3.05, 3.63) is 71.2 Å². The molecule has 1 N–H and O–H groups in total. The van der Waals surface area contributed by atoms with Crippen molar-refractivity contribution in [3.8, 4) is 5.75 Å². The standard InChI is InChI=1S/C22H22FNO4/c1-22(2,3)20(26)17-18(13-6-5-7-16(12-13)28-4)24(21(27)19(17)25)15-10-8-14(23)9-11-15/h5-12,18,25H,1-4H3. The number of ketones is 1. The minimum absolute atomic E-state index is 0.0232. The number of aliphatic hydroxyl groups excluding tert-OH is 1. The van der Waals surface area contributed by atoms with Crippen LogP contribution in [-0.2, 0) is 9.59 Å². The van der Waals surface area contributed by atoms with Crippen LogP contribution in [0.4, 0.5) is 10.1 Å². The van der Waals surface area contributed by atoms with Gasteiger partial charge in [0.2, 0.25) is 0 Å². The highest BCUT2D eigenvalue weighted by atomic mass is 19.1. The summed E-state index contributed by atoms with van der Waals surface area (Å²) in [6, 6.07) is 11.5. The van der Waals surface area contributed by atoms with E-state index in [2.05, 4.69) is 0 Å². The van der Waals surface area contributed by atoms with Gasteiger partial charge >= 0.3 is 0 Å². The Bertz CT molecular complexity index is 957. The largest absolute Gasteiger partial charge is 0.503 e. The summed E-state index contributed by atoms with van der Waals surface area (Å²) in [5.41, 5.74) is 0.200. The maximum atomic E-state index is 13.4. The van der Waals surface area contributed by atoms with Gasteiger partial charge in [0.25, 0.3) is 5.91 Å². The van der Waals surface area contributed by atoms with E-state index in [0.29, 0.717) is 17.0 Å². The van der Waals surface area contributed by atoms with Gasteiger partial charge in [-0.05, 0) is 42.0 Å². The first-order valence-electron chi connectivity index (χ1n) is 8.86. The number of amides is 1. The number of rotatable bonds is 4. The first kappa shape index (κ1) is 19.6. The Morgan fingerprint density at radius 2 is 1.79 bits per heavy atom. The number of nitrogens with zero attached hydrogens (tertiary/aromatic N) is 1. The van der Waals surface area contributed by atoms with E-state index >= 15 is 0 Å². The molecule has 1 aliphatic heterocycles. The molecule has 0 saturated heterocycles. The molecule has 1 aliphatic rings. The lowest BCUT2D eigenvalue weighted by molar-refractivity contribution is -0.123. The number of benzene rings is 2. The number of halogens is 1. The molecule has 1 amide bonds. The molecule has 0 aliphatic carbocycles. The molecule has 6 heteroatoms. The van der Waals surface area contributed by atoms with E-state index in [4.69, 9.17) is 4.74 Å². The predicted octanol–water partition coefficient (Wildman–Crippen LogP) is 4.35. The number of methoxy groups -OCH3 is 1. The second-order valence-electron chi connectivity index (χ2n) is 7.67. The maximum Gasteiger partial charge on any atom is 0.294 e. The zero-order valence-corrected chi connectivity index (χ0v) is 16.2. The molecule has 5 nitrogen and oxygen atoms in total. The number of carbonyl (C=O) groups is 2. The summed E-state index contributed by atoms with van der Waals surface area (Å²) in [5, 5.41) is 10.6. The van der Waals surface area contributed by atoms with Crippen LogP contribution in [0.25, 0.3) is 0 Å². The molecule has 146 valence electrons. The highest BCUT2D eigenvalue weighted by molar-refractivity contribution is 6.17. The van der Waals surface area contributed by atoms with Crippen LogP contribution >= 0.6 is 0 Å². The van der Waals surface area contributed by atoms with Crippen molar-refractivity contribution in [2.45, 2.75) is 26.8 Å². The third-order valence-electron chi connectivity index (χ3n) is 4.65. The first-order chi connectivity index (χ1) is 13.1. The monoisotopic (exact) mass is 383 g/mol. The van der Waals surface area contributed by atoms with Crippen molar-refractivity contribution < 1.29 is 23.8 Å². The fraction of sp³-hybridized carbons (Fsp3) is 0.273. The van der Waals surface area contributed by atoms with Crippen molar-refractivity contribution in [2.24, 2.45) is 5.41 Å². The molecular formula is C22H22FNO4. The maximum absolute atomic E-state index is 13.4. The molecule has 0 bridgehead atoms. The Morgan fingerprint density at radius 3 is 2.36 bits per heavy atom. The van der Waals surface area contributed by atoms with Gasteiger partial charge in [-0.1, -0.05) is 32.9 Å². The van der Waals surface area contributed by atoms with E-state index < -0.39 is 28.9 Å². The number of carbonyl (C=O) groups excluding carboxylic acids is 2. The van der Waals surface area contributed by atoms with Gasteiger partial charge in [-0.3, -0.25) is 14.5 Å². The van der Waals surface area contributed by atoms with Gasteiger partial charge in [0, 0.05) is 11.1 Å². The van der Waals surface area contributed by atoms with Crippen LogP contribution in [0, 0.1) is 11.2 Å². The second kappa shape index (κ2) is 7.11. The Morgan fingerprint density at radius 1 is 1.14 bits per heavy atom. The van der Waals surface area contributed by atoms with Crippen LogP contribution in [0.15, 0.2) is 59.9 Å². The second-order valence-corrected chi connectivity index (χ2v) is 7.67. The zero-order valence-electron chi connectivity index (χ0n) is 16.2. The fourth-order valence-corrected chi connectivity index (χ4v) is 3.24. The van der Waals surface area contributed by atoms with Gasteiger partial charge < -0.3 is 9.84 Å². The lowest BCUT2D eigenvalue weighted by Crippen LogP contribution is -2.32. The number of hydrogen-bond donors (Lipinski definition) is 1. The first-order valence-corrected chi connectivity index (χ1v) is 8.86. The highest BCUT2D eigenvalue weighted by Crippen LogP contribution is 2.43. The number of aliphatic hydroxyl groups is 1. The van der Waals surface area contributed by atoms with E-state index in [1.54, 1.807) is 45.0 Å². The summed E-state index contributed by atoms with van der Waals surface area (Å²) >= 11 is 0. The summed E-state index contributed by atoms with van der Waals surface area (Å²) in [4.78, 5) is 27.3. The topological polar surface area (TPSA) is 66.8 Å². The van der Waals surface area contributed by atoms with E-state index in [1.165, 1.54) is 36.3 Å². The Hall–Kier alpha value is -3.15. The van der Waals surface area contributed by atoms with Crippen LogP contribution in [0.5, 0.6) is 5.75 Å².